The maximum Gasteiger partial charge on any atom is 0.0136 e. The van der Waals surface area contributed by atoms with Gasteiger partial charge in [-0.15, -0.1) is 0 Å². The van der Waals surface area contributed by atoms with Gasteiger partial charge in [-0.3, -0.25) is 0 Å². The number of likely N-dealkylation sites (N-methyl/N-ethyl adjacent to an activating group) is 1. The van der Waals surface area contributed by atoms with E-state index in [1.807, 2.05) is 11.3 Å². The van der Waals surface area contributed by atoms with Crippen molar-refractivity contribution in [1.29, 1.82) is 0 Å². The standard InChI is InChI=1S/C15H25NS/c1-3-13-6-4-5-7-14(13)15(16-2)10-12-8-9-17-11-12/h8-9,11,13-16H,3-7,10H2,1-2H3. The van der Waals surface area contributed by atoms with E-state index in [9.17, 15) is 0 Å². The smallest absolute Gasteiger partial charge is 0.0136 e. The van der Waals surface area contributed by atoms with Crippen molar-refractivity contribution < 1.29 is 0 Å². The second kappa shape index (κ2) is 6.55. The van der Waals surface area contributed by atoms with Gasteiger partial charge in [0.25, 0.3) is 0 Å². The van der Waals surface area contributed by atoms with E-state index in [4.69, 9.17) is 0 Å². The highest BCUT2D eigenvalue weighted by atomic mass is 32.1. The van der Waals surface area contributed by atoms with Crippen molar-refractivity contribution in [2.24, 2.45) is 11.8 Å². The molecule has 0 aromatic carbocycles. The Labute approximate surface area is 110 Å². The highest BCUT2D eigenvalue weighted by Gasteiger charge is 2.29. The van der Waals surface area contributed by atoms with E-state index in [1.165, 1.54) is 44.1 Å². The minimum absolute atomic E-state index is 0.676. The third kappa shape index (κ3) is 3.32. The van der Waals surface area contributed by atoms with Crippen molar-refractivity contribution in [1.82, 2.24) is 5.32 Å². The Balaban J connectivity index is 2.00. The average Bonchev–Trinajstić information content (AvgIpc) is 2.89. The monoisotopic (exact) mass is 251 g/mol. The highest BCUT2D eigenvalue weighted by Crippen LogP contribution is 2.35. The third-order valence-electron chi connectivity index (χ3n) is 4.42. The molecule has 1 saturated carbocycles. The molecule has 2 heteroatoms. The molecule has 1 aliphatic carbocycles. The van der Waals surface area contributed by atoms with Crippen molar-refractivity contribution in [2.75, 3.05) is 7.05 Å². The van der Waals surface area contributed by atoms with Gasteiger partial charge in [0.2, 0.25) is 0 Å². The molecule has 3 unspecified atom stereocenters. The summed E-state index contributed by atoms with van der Waals surface area (Å²) >= 11 is 1.82. The third-order valence-corrected chi connectivity index (χ3v) is 5.15. The molecule has 0 bridgehead atoms. The normalized spacial score (nSPS) is 26.9. The van der Waals surface area contributed by atoms with Crippen LogP contribution in [-0.4, -0.2) is 13.1 Å². The molecule has 1 nitrogen and oxygen atoms in total. The summed E-state index contributed by atoms with van der Waals surface area (Å²) in [5, 5.41) is 8.07. The van der Waals surface area contributed by atoms with E-state index in [1.54, 1.807) is 0 Å². The van der Waals surface area contributed by atoms with Gasteiger partial charge in [0.05, 0.1) is 0 Å². The molecule has 1 aromatic rings. The predicted octanol–water partition coefficient (Wildman–Crippen LogP) is 4.10. The topological polar surface area (TPSA) is 12.0 Å². The van der Waals surface area contributed by atoms with Crippen molar-refractivity contribution in [3.05, 3.63) is 22.4 Å². The first kappa shape index (κ1) is 13.1. The van der Waals surface area contributed by atoms with Gasteiger partial charge in [0.1, 0.15) is 0 Å². The Morgan fingerprint density at radius 2 is 2.24 bits per heavy atom. The van der Waals surface area contributed by atoms with Crippen LogP contribution in [0, 0.1) is 11.8 Å². The molecule has 1 aliphatic rings. The number of thiophene rings is 1. The van der Waals surface area contributed by atoms with Gasteiger partial charge in [-0.1, -0.05) is 32.6 Å². The first-order chi connectivity index (χ1) is 8.35. The molecule has 0 aliphatic heterocycles. The molecule has 0 spiro atoms. The molecule has 0 radical (unpaired) electrons. The minimum atomic E-state index is 0.676. The van der Waals surface area contributed by atoms with E-state index in [2.05, 4.69) is 36.1 Å². The SMILES string of the molecule is CCC1CCCCC1C(Cc1ccsc1)NC. The quantitative estimate of drug-likeness (QED) is 0.831. The molecule has 1 fully saturated rings. The Hall–Kier alpha value is -0.340. The van der Waals surface area contributed by atoms with Crippen LogP contribution < -0.4 is 5.32 Å². The summed E-state index contributed by atoms with van der Waals surface area (Å²) in [6, 6.07) is 2.95. The summed E-state index contributed by atoms with van der Waals surface area (Å²) in [6.45, 7) is 2.36. The van der Waals surface area contributed by atoms with Crippen LogP contribution in [0.4, 0.5) is 0 Å². The molecule has 17 heavy (non-hydrogen) atoms. The molecule has 3 atom stereocenters. The van der Waals surface area contributed by atoms with Crippen LogP contribution in [0.2, 0.25) is 0 Å². The average molecular weight is 251 g/mol. The molecular formula is C15H25NS. The first-order valence-electron chi connectivity index (χ1n) is 7.03. The molecule has 1 aromatic heterocycles. The summed E-state index contributed by atoms with van der Waals surface area (Å²) in [7, 11) is 2.14. The van der Waals surface area contributed by atoms with Gasteiger partial charge in [0.15, 0.2) is 0 Å². The van der Waals surface area contributed by atoms with Gasteiger partial charge in [0, 0.05) is 6.04 Å². The fourth-order valence-electron chi connectivity index (χ4n) is 3.40. The summed E-state index contributed by atoms with van der Waals surface area (Å²) in [5.74, 6) is 1.83. The van der Waals surface area contributed by atoms with E-state index in [0.29, 0.717) is 6.04 Å². The number of hydrogen-bond acceptors (Lipinski definition) is 2. The Morgan fingerprint density at radius 3 is 2.88 bits per heavy atom. The van der Waals surface area contributed by atoms with E-state index < -0.39 is 0 Å². The van der Waals surface area contributed by atoms with Crippen molar-refractivity contribution in [2.45, 2.75) is 51.5 Å². The molecule has 2 rings (SSSR count). The zero-order chi connectivity index (χ0) is 12.1. The molecule has 96 valence electrons. The lowest BCUT2D eigenvalue weighted by Gasteiger charge is -2.36. The van der Waals surface area contributed by atoms with Crippen LogP contribution in [0.3, 0.4) is 0 Å². The van der Waals surface area contributed by atoms with Crippen molar-refractivity contribution >= 4 is 11.3 Å². The lowest BCUT2D eigenvalue weighted by molar-refractivity contribution is 0.179. The largest absolute Gasteiger partial charge is 0.316 e. The van der Waals surface area contributed by atoms with E-state index in [-0.39, 0.29) is 0 Å². The van der Waals surface area contributed by atoms with Crippen LogP contribution in [-0.2, 0) is 6.42 Å². The van der Waals surface area contributed by atoms with Gasteiger partial charge >= 0.3 is 0 Å². The van der Waals surface area contributed by atoms with Crippen LogP contribution >= 0.6 is 11.3 Å². The van der Waals surface area contributed by atoms with Gasteiger partial charge in [-0.25, -0.2) is 0 Å². The van der Waals surface area contributed by atoms with Crippen molar-refractivity contribution in [3.63, 3.8) is 0 Å². The Bertz CT molecular complexity index is 307. The van der Waals surface area contributed by atoms with Crippen LogP contribution in [0.5, 0.6) is 0 Å². The van der Waals surface area contributed by atoms with E-state index >= 15 is 0 Å². The van der Waals surface area contributed by atoms with Crippen LogP contribution in [0.15, 0.2) is 16.8 Å². The second-order valence-corrected chi connectivity index (χ2v) is 6.13. The Morgan fingerprint density at radius 1 is 1.41 bits per heavy atom. The van der Waals surface area contributed by atoms with Crippen LogP contribution in [0.25, 0.3) is 0 Å². The lowest BCUT2D eigenvalue weighted by atomic mass is 9.73. The molecular weight excluding hydrogens is 226 g/mol. The summed E-state index contributed by atoms with van der Waals surface area (Å²) < 4.78 is 0. The second-order valence-electron chi connectivity index (χ2n) is 5.35. The number of hydrogen-bond donors (Lipinski definition) is 1. The summed E-state index contributed by atoms with van der Waals surface area (Å²) in [6.07, 6.45) is 8.32. The lowest BCUT2D eigenvalue weighted by Crippen LogP contribution is -2.40. The zero-order valence-electron chi connectivity index (χ0n) is 11.1. The van der Waals surface area contributed by atoms with Gasteiger partial charge in [-0.2, -0.15) is 11.3 Å². The fourth-order valence-corrected chi connectivity index (χ4v) is 4.08. The molecule has 1 N–H and O–H groups in total. The molecule has 0 amide bonds. The maximum atomic E-state index is 3.58. The summed E-state index contributed by atoms with van der Waals surface area (Å²) in [4.78, 5) is 0. The number of rotatable bonds is 5. The predicted molar refractivity (Wildman–Crippen MR) is 76.6 cm³/mol. The zero-order valence-corrected chi connectivity index (χ0v) is 11.9. The maximum absolute atomic E-state index is 3.58. The summed E-state index contributed by atoms with van der Waals surface area (Å²) in [5.41, 5.74) is 1.51. The minimum Gasteiger partial charge on any atom is -0.316 e. The van der Waals surface area contributed by atoms with Gasteiger partial charge < -0.3 is 5.32 Å². The van der Waals surface area contributed by atoms with Crippen LogP contribution in [0.1, 0.15) is 44.6 Å². The number of nitrogens with one attached hydrogen (secondary N) is 1. The molecule has 0 saturated heterocycles. The van der Waals surface area contributed by atoms with Gasteiger partial charge in [-0.05, 0) is 54.1 Å². The Kier molecular flexibility index (Phi) is 5.05. The first-order valence-corrected chi connectivity index (χ1v) is 7.97. The molecule has 1 heterocycles. The highest BCUT2D eigenvalue weighted by molar-refractivity contribution is 7.07. The van der Waals surface area contributed by atoms with E-state index in [0.717, 1.165) is 11.8 Å². The fraction of sp³-hybridized carbons (Fsp3) is 0.733. The van der Waals surface area contributed by atoms with Crippen molar-refractivity contribution in [3.8, 4) is 0 Å².